The number of urea groups is 1. The van der Waals surface area contributed by atoms with Crippen LogP contribution in [0.3, 0.4) is 0 Å². The van der Waals surface area contributed by atoms with Gasteiger partial charge in [-0.25, -0.2) is 4.79 Å². The molecule has 10 nitrogen and oxygen atoms in total. The van der Waals surface area contributed by atoms with Gasteiger partial charge in [0.2, 0.25) is 6.79 Å². The van der Waals surface area contributed by atoms with Gasteiger partial charge in [-0.05, 0) is 53.1 Å². The first kappa shape index (κ1) is 28.0. The quantitative estimate of drug-likeness (QED) is 0.450. The van der Waals surface area contributed by atoms with Crippen molar-refractivity contribution in [2.45, 2.75) is 19.7 Å². The van der Waals surface area contributed by atoms with Gasteiger partial charge in [0.1, 0.15) is 0 Å². The molecular weight excluding hydrogens is 534 g/mol. The van der Waals surface area contributed by atoms with Crippen molar-refractivity contribution < 1.29 is 24.2 Å². The number of hydrogen-bond donors (Lipinski definition) is 2. The first-order valence-electron chi connectivity index (χ1n) is 14.5. The minimum Gasteiger partial charge on any atom is -0.454 e. The van der Waals surface area contributed by atoms with Gasteiger partial charge >= 0.3 is 6.03 Å². The average molecular weight is 572 g/mol. The summed E-state index contributed by atoms with van der Waals surface area (Å²) in [6.07, 6.45) is 0. The Hall–Kier alpha value is -4.12. The van der Waals surface area contributed by atoms with E-state index >= 15 is 0 Å². The van der Waals surface area contributed by atoms with Crippen LogP contribution in [0.1, 0.15) is 27.0 Å². The molecule has 0 bridgehead atoms. The van der Waals surface area contributed by atoms with Crippen molar-refractivity contribution in [1.82, 2.24) is 19.6 Å². The van der Waals surface area contributed by atoms with Gasteiger partial charge in [0.25, 0.3) is 5.91 Å². The first-order chi connectivity index (χ1) is 20.5. The summed E-state index contributed by atoms with van der Waals surface area (Å²) in [6, 6.07) is 21.1. The number of benzene rings is 3. The highest BCUT2D eigenvalue weighted by atomic mass is 16.7. The maximum Gasteiger partial charge on any atom is 0.321 e. The van der Waals surface area contributed by atoms with E-state index in [1.54, 1.807) is 24.3 Å². The first-order valence-corrected chi connectivity index (χ1v) is 14.5. The smallest absolute Gasteiger partial charge is 0.321 e. The van der Waals surface area contributed by atoms with Crippen LogP contribution in [0.5, 0.6) is 11.5 Å². The molecule has 0 spiro atoms. The Bertz CT molecular complexity index is 1380. The lowest BCUT2D eigenvalue weighted by atomic mass is 10.1. The highest BCUT2D eigenvalue weighted by Gasteiger charge is 2.24. The van der Waals surface area contributed by atoms with E-state index in [-0.39, 0.29) is 25.3 Å². The monoisotopic (exact) mass is 571 g/mol. The van der Waals surface area contributed by atoms with Crippen LogP contribution in [0.15, 0.2) is 66.7 Å². The third kappa shape index (κ3) is 6.67. The van der Waals surface area contributed by atoms with Gasteiger partial charge in [0.15, 0.2) is 11.5 Å². The van der Waals surface area contributed by atoms with Crippen LogP contribution in [0.4, 0.5) is 10.5 Å². The number of hydrogen-bond acceptors (Lipinski definition) is 7. The maximum absolute atomic E-state index is 13.1. The van der Waals surface area contributed by atoms with E-state index in [0.29, 0.717) is 37.4 Å². The molecule has 0 atom stereocenters. The van der Waals surface area contributed by atoms with Crippen molar-refractivity contribution in [2.75, 3.05) is 64.5 Å². The number of amides is 3. The van der Waals surface area contributed by atoms with Gasteiger partial charge in [0, 0.05) is 76.7 Å². The molecule has 0 unspecified atom stereocenters. The Morgan fingerprint density at radius 3 is 1.90 bits per heavy atom. The number of aliphatic hydroxyl groups is 1. The number of nitrogens with zero attached hydrogens (tertiary/aromatic N) is 4. The van der Waals surface area contributed by atoms with E-state index in [4.69, 9.17) is 9.47 Å². The second-order valence-electron chi connectivity index (χ2n) is 11.0. The molecule has 3 heterocycles. The number of carbonyl (C=O) groups is 2. The van der Waals surface area contributed by atoms with Crippen LogP contribution in [-0.2, 0) is 19.7 Å². The maximum atomic E-state index is 13.1. The zero-order valence-corrected chi connectivity index (χ0v) is 23.7. The van der Waals surface area contributed by atoms with Crippen LogP contribution in [0.25, 0.3) is 0 Å². The molecule has 0 saturated carbocycles. The summed E-state index contributed by atoms with van der Waals surface area (Å²) in [4.78, 5) is 34.4. The molecule has 220 valence electrons. The van der Waals surface area contributed by atoms with Gasteiger partial charge in [0.05, 0.1) is 6.61 Å². The molecule has 6 rings (SSSR count). The van der Waals surface area contributed by atoms with Crippen molar-refractivity contribution >= 4 is 17.6 Å². The predicted octanol–water partition coefficient (Wildman–Crippen LogP) is 3.22. The van der Waals surface area contributed by atoms with Gasteiger partial charge in [-0.1, -0.05) is 30.3 Å². The summed E-state index contributed by atoms with van der Waals surface area (Å²) in [7, 11) is 0. The summed E-state index contributed by atoms with van der Waals surface area (Å²) in [5, 5.41) is 12.2. The number of rotatable bonds is 7. The summed E-state index contributed by atoms with van der Waals surface area (Å²) < 4.78 is 10.9. The zero-order valence-electron chi connectivity index (χ0n) is 23.7. The SMILES string of the molecule is O=C(Nc1ccc(C(=O)N2CCN(Cc3ccc(CO)cc3)CC2)cc1)N1CCN(Cc2ccc3c(c2)OCO3)CC1. The molecule has 3 aliphatic heterocycles. The predicted molar refractivity (Wildman–Crippen MR) is 158 cm³/mol. The summed E-state index contributed by atoms with van der Waals surface area (Å²) >= 11 is 0. The zero-order chi connectivity index (χ0) is 28.9. The van der Waals surface area contributed by atoms with Crippen LogP contribution >= 0.6 is 0 Å². The number of fused-ring (bicyclic) bond motifs is 1. The molecular formula is C32H37N5O5. The summed E-state index contributed by atoms with van der Waals surface area (Å²) in [6.45, 7) is 7.80. The van der Waals surface area contributed by atoms with E-state index in [1.165, 1.54) is 11.1 Å². The van der Waals surface area contributed by atoms with E-state index in [1.807, 2.05) is 46.2 Å². The molecule has 42 heavy (non-hydrogen) atoms. The molecule has 3 aliphatic rings. The Morgan fingerprint density at radius 2 is 1.24 bits per heavy atom. The van der Waals surface area contributed by atoms with Gasteiger partial charge in [-0.2, -0.15) is 0 Å². The normalized spacial score (nSPS) is 17.4. The highest BCUT2D eigenvalue weighted by Crippen LogP contribution is 2.33. The van der Waals surface area contributed by atoms with E-state index in [9.17, 15) is 14.7 Å². The lowest BCUT2D eigenvalue weighted by molar-refractivity contribution is 0.0628. The molecule has 2 saturated heterocycles. The van der Waals surface area contributed by atoms with E-state index in [2.05, 4.69) is 21.2 Å². The second-order valence-corrected chi connectivity index (χ2v) is 11.0. The molecule has 3 aromatic rings. The molecule has 0 radical (unpaired) electrons. The average Bonchev–Trinajstić information content (AvgIpc) is 3.50. The Balaban J connectivity index is 0.932. The van der Waals surface area contributed by atoms with Crippen molar-refractivity contribution in [2.24, 2.45) is 0 Å². The number of anilines is 1. The molecule has 10 heteroatoms. The minimum atomic E-state index is -0.126. The van der Waals surface area contributed by atoms with E-state index in [0.717, 1.165) is 56.3 Å². The van der Waals surface area contributed by atoms with Crippen molar-refractivity contribution in [3.8, 4) is 11.5 Å². The standard InChI is InChI=1S/C32H37N5O5/c38-22-25-3-1-24(2-4-25)20-34-11-15-36(16-12-34)31(39)27-6-8-28(9-7-27)33-32(40)37-17-13-35(14-18-37)21-26-5-10-29-30(19-26)42-23-41-29/h1-10,19,38H,11-18,20-23H2,(H,33,40). The fourth-order valence-corrected chi connectivity index (χ4v) is 5.61. The molecule has 3 amide bonds. The fourth-order valence-electron chi connectivity index (χ4n) is 5.61. The topological polar surface area (TPSA) is 97.8 Å². The number of nitrogens with one attached hydrogen (secondary N) is 1. The lowest BCUT2D eigenvalue weighted by Gasteiger charge is -2.35. The summed E-state index contributed by atoms with van der Waals surface area (Å²) in [5.41, 5.74) is 4.58. The van der Waals surface area contributed by atoms with Gasteiger partial charge in [-0.15, -0.1) is 0 Å². The van der Waals surface area contributed by atoms with Crippen molar-refractivity contribution in [3.05, 3.63) is 89.0 Å². The molecule has 2 N–H and O–H groups in total. The third-order valence-electron chi connectivity index (χ3n) is 8.16. The Labute approximate surface area is 246 Å². The van der Waals surface area contributed by atoms with Gasteiger partial charge in [-0.3, -0.25) is 14.6 Å². The number of ether oxygens (including phenoxy) is 2. The third-order valence-corrected chi connectivity index (χ3v) is 8.16. The van der Waals surface area contributed by atoms with Crippen LogP contribution in [0, 0.1) is 0 Å². The molecule has 0 aliphatic carbocycles. The number of carbonyl (C=O) groups excluding carboxylic acids is 2. The minimum absolute atomic E-state index is 0.0124. The fraction of sp³-hybridized carbons (Fsp3) is 0.375. The molecule has 2 fully saturated rings. The summed E-state index contributed by atoms with van der Waals surface area (Å²) in [5.74, 6) is 1.59. The Morgan fingerprint density at radius 1 is 0.667 bits per heavy atom. The van der Waals surface area contributed by atoms with Crippen LogP contribution in [-0.4, -0.2) is 95.8 Å². The van der Waals surface area contributed by atoms with Crippen LogP contribution in [0.2, 0.25) is 0 Å². The largest absolute Gasteiger partial charge is 0.454 e. The van der Waals surface area contributed by atoms with Gasteiger partial charge < -0.3 is 29.7 Å². The molecule has 3 aromatic carbocycles. The second kappa shape index (κ2) is 12.8. The Kier molecular flexibility index (Phi) is 8.55. The molecule has 0 aromatic heterocycles. The van der Waals surface area contributed by atoms with Crippen molar-refractivity contribution in [3.63, 3.8) is 0 Å². The lowest BCUT2D eigenvalue weighted by Crippen LogP contribution is -2.49. The van der Waals surface area contributed by atoms with Crippen molar-refractivity contribution in [1.29, 1.82) is 0 Å². The van der Waals surface area contributed by atoms with E-state index < -0.39 is 0 Å². The highest BCUT2D eigenvalue weighted by molar-refractivity contribution is 5.95. The van der Waals surface area contributed by atoms with Crippen LogP contribution < -0.4 is 14.8 Å². The number of piperazine rings is 2. The number of aliphatic hydroxyl groups excluding tert-OH is 1.